The standard InChI is InChI=1S/C17H13ClF2N6O/c1-27-12-5-2-8(18)7-26(12)11-4-3-9(19)13(14(11)20)16-22-6-10-15(24-16)25-17(21)23-10/h2-7,12H,1H3,(H3,21,22,23,24,25). The van der Waals surface area contributed by atoms with Crippen molar-refractivity contribution in [1.82, 2.24) is 19.9 Å². The lowest BCUT2D eigenvalue weighted by Gasteiger charge is -2.30. The molecule has 27 heavy (non-hydrogen) atoms. The van der Waals surface area contributed by atoms with Crippen LogP contribution in [0.2, 0.25) is 0 Å². The van der Waals surface area contributed by atoms with Crippen LogP contribution in [-0.4, -0.2) is 33.3 Å². The molecular weight excluding hydrogens is 378 g/mol. The Morgan fingerprint density at radius 2 is 2.11 bits per heavy atom. The van der Waals surface area contributed by atoms with Crippen LogP contribution in [-0.2, 0) is 4.74 Å². The first-order valence-corrected chi connectivity index (χ1v) is 8.19. The third kappa shape index (κ3) is 3.00. The second-order valence-corrected chi connectivity index (χ2v) is 6.15. The largest absolute Gasteiger partial charge is 0.369 e. The van der Waals surface area contributed by atoms with Crippen molar-refractivity contribution in [2.75, 3.05) is 17.7 Å². The molecule has 7 nitrogen and oxygen atoms in total. The van der Waals surface area contributed by atoms with E-state index in [1.165, 1.54) is 30.5 Å². The fraction of sp³-hybridized carbons (Fsp3) is 0.118. The average Bonchev–Trinajstić information content (AvgIpc) is 3.01. The zero-order valence-electron chi connectivity index (χ0n) is 13.9. The second-order valence-electron chi connectivity index (χ2n) is 5.72. The molecule has 0 saturated heterocycles. The highest BCUT2D eigenvalue weighted by molar-refractivity contribution is 6.31. The highest BCUT2D eigenvalue weighted by Gasteiger charge is 2.26. The Morgan fingerprint density at radius 1 is 1.30 bits per heavy atom. The van der Waals surface area contributed by atoms with Gasteiger partial charge in [0.1, 0.15) is 11.3 Å². The van der Waals surface area contributed by atoms with Gasteiger partial charge in [0.15, 0.2) is 29.5 Å². The molecule has 0 radical (unpaired) electrons. The van der Waals surface area contributed by atoms with Gasteiger partial charge in [0.05, 0.1) is 22.5 Å². The number of hydrogen-bond donors (Lipinski definition) is 2. The number of nitrogens with two attached hydrogens (primary N) is 1. The predicted molar refractivity (Wildman–Crippen MR) is 97.8 cm³/mol. The monoisotopic (exact) mass is 390 g/mol. The number of aromatic amines is 1. The van der Waals surface area contributed by atoms with E-state index in [9.17, 15) is 4.39 Å². The molecule has 3 N–H and O–H groups in total. The van der Waals surface area contributed by atoms with Gasteiger partial charge in [0, 0.05) is 13.3 Å². The summed E-state index contributed by atoms with van der Waals surface area (Å²) in [6, 6.07) is 2.43. The number of benzene rings is 1. The molecule has 1 aliphatic rings. The number of anilines is 2. The van der Waals surface area contributed by atoms with Gasteiger partial charge in [0.2, 0.25) is 0 Å². The van der Waals surface area contributed by atoms with Gasteiger partial charge in [-0.1, -0.05) is 11.6 Å². The Kier molecular flexibility index (Phi) is 4.25. The number of hydrogen-bond acceptors (Lipinski definition) is 6. The van der Waals surface area contributed by atoms with Gasteiger partial charge < -0.3 is 20.4 Å². The Hall–Kier alpha value is -3.04. The lowest BCUT2D eigenvalue weighted by atomic mass is 10.1. The normalized spacial score (nSPS) is 16.8. The minimum absolute atomic E-state index is 0.0611. The van der Waals surface area contributed by atoms with Crippen LogP contribution in [0.1, 0.15) is 0 Å². The number of rotatable bonds is 3. The number of fused-ring (bicyclic) bond motifs is 1. The van der Waals surface area contributed by atoms with Crippen molar-refractivity contribution in [2.24, 2.45) is 0 Å². The van der Waals surface area contributed by atoms with E-state index in [4.69, 9.17) is 22.1 Å². The molecule has 0 amide bonds. The van der Waals surface area contributed by atoms with Gasteiger partial charge in [0.25, 0.3) is 0 Å². The van der Waals surface area contributed by atoms with Gasteiger partial charge in [-0.05, 0) is 24.3 Å². The van der Waals surface area contributed by atoms with E-state index in [0.717, 1.165) is 6.07 Å². The summed E-state index contributed by atoms with van der Waals surface area (Å²) in [4.78, 5) is 16.3. The van der Waals surface area contributed by atoms with Crippen LogP contribution in [0.4, 0.5) is 20.4 Å². The number of nitrogens with zero attached hydrogens (tertiary/aromatic N) is 4. The van der Waals surface area contributed by atoms with Gasteiger partial charge in [-0.3, -0.25) is 0 Å². The van der Waals surface area contributed by atoms with E-state index in [0.29, 0.717) is 10.5 Å². The molecular formula is C17H13ClF2N6O. The maximum atomic E-state index is 15.3. The summed E-state index contributed by atoms with van der Waals surface area (Å²) >= 11 is 6.02. The summed E-state index contributed by atoms with van der Waals surface area (Å²) in [5.41, 5.74) is 5.92. The third-order valence-corrected chi connectivity index (χ3v) is 4.25. The van der Waals surface area contributed by atoms with Crippen LogP contribution in [0.5, 0.6) is 0 Å². The Labute approximate surface area is 157 Å². The van der Waals surface area contributed by atoms with Crippen LogP contribution in [0, 0.1) is 11.6 Å². The molecule has 0 bridgehead atoms. The number of halogens is 3. The molecule has 3 heterocycles. The fourth-order valence-corrected chi connectivity index (χ4v) is 2.99. The van der Waals surface area contributed by atoms with E-state index >= 15 is 4.39 Å². The summed E-state index contributed by atoms with van der Waals surface area (Å²) in [5.74, 6) is -1.68. The van der Waals surface area contributed by atoms with Crippen molar-refractivity contribution in [1.29, 1.82) is 0 Å². The molecule has 1 unspecified atom stereocenters. The molecule has 0 fully saturated rings. The van der Waals surface area contributed by atoms with E-state index < -0.39 is 17.9 Å². The smallest absolute Gasteiger partial charge is 0.200 e. The highest BCUT2D eigenvalue weighted by atomic mass is 35.5. The quantitative estimate of drug-likeness (QED) is 0.712. The van der Waals surface area contributed by atoms with Crippen molar-refractivity contribution >= 4 is 34.4 Å². The van der Waals surface area contributed by atoms with Crippen molar-refractivity contribution < 1.29 is 13.5 Å². The summed E-state index contributed by atoms with van der Waals surface area (Å²) in [7, 11) is 1.47. The predicted octanol–water partition coefficient (Wildman–Crippen LogP) is 3.31. The Bertz CT molecular complexity index is 1100. The number of nitrogens with one attached hydrogen (secondary N) is 1. The van der Waals surface area contributed by atoms with Gasteiger partial charge in [-0.25, -0.2) is 18.7 Å². The van der Waals surface area contributed by atoms with Gasteiger partial charge in [-0.15, -0.1) is 0 Å². The first-order chi connectivity index (χ1) is 13.0. The Morgan fingerprint density at radius 3 is 2.89 bits per heavy atom. The Balaban J connectivity index is 1.86. The molecule has 1 aliphatic heterocycles. The van der Waals surface area contributed by atoms with Crippen molar-refractivity contribution in [2.45, 2.75) is 6.23 Å². The average molecular weight is 391 g/mol. The molecule has 0 spiro atoms. The highest BCUT2D eigenvalue weighted by Crippen LogP contribution is 2.34. The summed E-state index contributed by atoms with van der Waals surface area (Å²) in [6.07, 6.45) is 5.54. The van der Waals surface area contributed by atoms with Gasteiger partial charge >= 0.3 is 0 Å². The fourth-order valence-electron chi connectivity index (χ4n) is 2.81. The van der Waals surface area contributed by atoms with Crippen molar-refractivity contribution in [3.05, 3.63) is 53.3 Å². The molecule has 4 rings (SSSR count). The van der Waals surface area contributed by atoms with Crippen LogP contribution < -0.4 is 10.6 Å². The zero-order valence-corrected chi connectivity index (χ0v) is 14.7. The number of imidazole rings is 1. The first-order valence-electron chi connectivity index (χ1n) is 7.81. The molecule has 2 aromatic heterocycles. The molecule has 0 aliphatic carbocycles. The topological polar surface area (TPSA) is 93.0 Å². The number of allylic oxidation sites excluding steroid dienone is 2. The lowest BCUT2D eigenvalue weighted by molar-refractivity contribution is 0.143. The van der Waals surface area contributed by atoms with Crippen LogP contribution in [0.15, 0.2) is 41.7 Å². The van der Waals surface area contributed by atoms with Gasteiger partial charge in [-0.2, -0.15) is 4.98 Å². The van der Waals surface area contributed by atoms with E-state index in [1.54, 1.807) is 12.2 Å². The third-order valence-electron chi connectivity index (χ3n) is 4.03. The maximum Gasteiger partial charge on any atom is 0.200 e. The molecule has 1 atom stereocenters. The molecule has 10 heteroatoms. The van der Waals surface area contributed by atoms with Crippen molar-refractivity contribution in [3.8, 4) is 11.4 Å². The first kappa shape index (κ1) is 17.4. The summed E-state index contributed by atoms with van der Waals surface area (Å²) in [6.45, 7) is 0. The van der Waals surface area contributed by atoms with E-state index in [1.807, 2.05) is 0 Å². The molecule has 1 aromatic carbocycles. The number of methoxy groups -OCH3 is 1. The van der Waals surface area contributed by atoms with E-state index in [2.05, 4.69) is 19.9 Å². The molecule has 3 aromatic rings. The second kappa shape index (κ2) is 6.60. The van der Waals surface area contributed by atoms with Crippen LogP contribution >= 0.6 is 11.6 Å². The van der Waals surface area contributed by atoms with Crippen LogP contribution in [0.25, 0.3) is 22.6 Å². The minimum atomic E-state index is -0.851. The summed E-state index contributed by atoms with van der Waals surface area (Å²) in [5, 5.41) is 0.373. The number of nitrogen functional groups attached to an aromatic ring is 1. The summed E-state index contributed by atoms with van der Waals surface area (Å²) < 4.78 is 35.1. The van der Waals surface area contributed by atoms with Crippen molar-refractivity contribution in [3.63, 3.8) is 0 Å². The maximum absolute atomic E-state index is 15.3. The number of H-pyrrole nitrogens is 1. The van der Waals surface area contributed by atoms with Crippen LogP contribution in [0.3, 0.4) is 0 Å². The van der Waals surface area contributed by atoms with E-state index in [-0.39, 0.29) is 28.7 Å². The SMILES string of the molecule is COC1C=CC(Cl)=CN1c1ccc(F)c(-c2ncc3[nH]c(N)nc3n2)c1F. The number of aromatic nitrogens is 4. The lowest BCUT2D eigenvalue weighted by Crippen LogP contribution is -2.33. The minimum Gasteiger partial charge on any atom is -0.369 e. The zero-order chi connectivity index (χ0) is 19.1. The number of ether oxygens (including phenoxy) is 1. The molecule has 138 valence electrons. The molecule has 0 saturated carbocycles.